The molecule has 0 heterocycles. The van der Waals surface area contributed by atoms with Gasteiger partial charge in [0.1, 0.15) is 0 Å². The Kier molecular flexibility index (Phi) is 7.15. The maximum Gasteiger partial charge on any atom is 0.219 e. The fourth-order valence-electron chi connectivity index (χ4n) is 0.808. The van der Waals surface area contributed by atoms with E-state index in [1.807, 2.05) is 14.0 Å². The van der Waals surface area contributed by atoms with Gasteiger partial charge in [-0.25, -0.2) is 0 Å². The lowest BCUT2D eigenvalue weighted by molar-refractivity contribution is -0.121. The van der Waals surface area contributed by atoms with E-state index in [9.17, 15) is 4.79 Å². The Morgan fingerprint density at radius 3 is 2.64 bits per heavy atom. The smallest absolute Gasteiger partial charge is 0.219 e. The summed E-state index contributed by atoms with van der Waals surface area (Å²) < 4.78 is 0. The molecule has 3 nitrogen and oxygen atoms in total. The first-order valence-corrected chi connectivity index (χ1v) is 4.22. The van der Waals surface area contributed by atoms with Crippen molar-refractivity contribution < 1.29 is 4.79 Å². The molecule has 0 rings (SSSR count). The second kappa shape index (κ2) is 7.54. The van der Waals surface area contributed by atoms with E-state index in [0.29, 0.717) is 6.42 Å². The number of amides is 1. The van der Waals surface area contributed by atoms with Crippen LogP contribution in [0.3, 0.4) is 0 Å². The van der Waals surface area contributed by atoms with Crippen molar-refractivity contribution in [2.45, 2.75) is 26.2 Å². The molecule has 0 radical (unpaired) electrons. The van der Waals surface area contributed by atoms with E-state index in [1.54, 1.807) is 0 Å². The van der Waals surface area contributed by atoms with Gasteiger partial charge in [-0.05, 0) is 26.4 Å². The fraction of sp³-hybridized carbons (Fsp3) is 0.875. The highest BCUT2D eigenvalue weighted by atomic mass is 16.1. The van der Waals surface area contributed by atoms with E-state index < -0.39 is 0 Å². The lowest BCUT2D eigenvalue weighted by Gasteiger charge is -2.02. The summed E-state index contributed by atoms with van der Waals surface area (Å²) in [6.45, 7) is 3.76. The highest BCUT2D eigenvalue weighted by molar-refractivity contribution is 5.75. The van der Waals surface area contributed by atoms with Crippen LogP contribution in [-0.4, -0.2) is 26.0 Å². The maximum absolute atomic E-state index is 10.9. The van der Waals surface area contributed by atoms with Gasteiger partial charge in [0.15, 0.2) is 0 Å². The summed E-state index contributed by atoms with van der Waals surface area (Å²) in [5, 5.41) is 5.86. The molecule has 0 spiro atoms. The van der Waals surface area contributed by atoms with Crippen LogP contribution in [0.1, 0.15) is 26.2 Å². The van der Waals surface area contributed by atoms with Crippen LogP contribution >= 0.6 is 0 Å². The van der Waals surface area contributed by atoms with E-state index in [0.717, 1.165) is 25.9 Å². The predicted molar refractivity (Wildman–Crippen MR) is 46.5 cm³/mol. The molecule has 0 aliphatic rings. The van der Waals surface area contributed by atoms with Crippen LogP contribution in [0.2, 0.25) is 0 Å². The molecular formula is C8H18N2O. The maximum atomic E-state index is 10.9. The largest absolute Gasteiger partial charge is 0.356 e. The molecule has 0 aliphatic heterocycles. The molecule has 0 saturated heterocycles. The van der Waals surface area contributed by atoms with Crippen LogP contribution in [0.25, 0.3) is 0 Å². The minimum atomic E-state index is 0.170. The SMILES string of the molecule is CCCC(=O)NCCCNC. The Hall–Kier alpha value is -0.570. The minimum absolute atomic E-state index is 0.170. The Labute approximate surface area is 68.6 Å². The van der Waals surface area contributed by atoms with Crippen molar-refractivity contribution in [3.05, 3.63) is 0 Å². The molecule has 66 valence electrons. The predicted octanol–water partition coefficient (Wildman–Crippen LogP) is 0.512. The summed E-state index contributed by atoms with van der Waals surface area (Å²) in [6, 6.07) is 0. The van der Waals surface area contributed by atoms with Crippen LogP contribution in [0.4, 0.5) is 0 Å². The number of nitrogens with one attached hydrogen (secondary N) is 2. The Bertz CT molecular complexity index is 104. The lowest BCUT2D eigenvalue weighted by atomic mass is 10.3. The van der Waals surface area contributed by atoms with Crippen molar-refractivity contribution in [3.63, 3.8) is 0 Å². The first kappa shape index (κ1) is 10.4. The molecule has 0 atom stereocenters. The normalized spacial score (nSPS) is 9.64. The van der Waals surface area contributed by atoms with Crippen LogP contribution < -0.4 is 10.6 Å². The minimum Gasteiger partial charge on any atom is -0.356 e. The van der Waals surface area contributed by atoms with E-state index in [1.165, 1.54) is 0 Å². The first-order valence-electron chi connectivity index (χ1n) is 4.22. The highest BCUT2D eigenvalue weighted by Gasteiger charge is 1.95. The van der Waals surface area contributed by atoms with Crippen LogP contribution in [0.15, 0.2) is 0 Å². The Morgan fingerprint density at radius 1 is 1.36 bits per heavy atom. The third kappa shape index (κ3) is 7.33. The second-order valence-corrected chi connectivity index (χ2v) is 2.56. The zero-order valence-corrected chi connectivity index (χ0v) is 7.44. The molecule has 0 aromatic carbocycles. The number of carbonyl (C=O) groups is 1. The Balaban J connectivity index is 3.04. The van der Waals surface area contributed by atoms with Gasteiger partial charge in [-0.1, -0.05) is 6.92 Å². The third-order valence-corrected chi connectivity index (χ3v) is 1.40. The molecule has 0 fully saturated rings. The number of hydrogen-bond donors (Lipinski definition) is 2. The quantitative estimate of drug-likeness (QED) is 0.553. The van der Waals surface area contributed by atoms with Crippen molar-refractivity contribution in [1.29, 1.82) is 0 Å². The van der Waals surface area contributed by atoms with Crippen LogP contribution in [-0.2, 0) is 4.79 Å². The van der Waals surface area contributed by atoms with Gasteiger partial charge in [-0.3, -0.25) is 4.79 Å². The molecule has 0 bridgehead atoms. The molecule has 11 heavy (non-hydrogen) atoms. The third-order valence-electron chi connectivity index (χ3n) is 1.40. The molecule has 0 unspecified atom stereocenters. The summed E-state index contributed by atoms with van der Waals surface area (Å²) in [4.78, 5) is 10.9. The van der Waals surface area contributed by atoms with Crippen molar-refractivity contribution >= 4 is 5.91 Å². The first-order chi connectivity index (χ1) is 5.31. The van der Waals surface area contributed by atoms with Gasteiger partial charge >= 0.3 is 0 Å². The highest BCUT2D eigenvalue weighted by Crippen LogP contribution is 1.85. The summed E-state index contributed by atoms with van der Waals surface area (Å²) in [5.41, 5.74) is 0. The monoisotopic (exact) mass is 158 g/mol. The van der Waals surface area contributed by atoms with Gasteiger partial charge in [0, 0.05) is 13.0 Å². The van der Waals surface area contributed by atoms with Gasteiger partial charge in [0.25, 0.3) is 0 Å². The average Bonchev–Trinajstić information content (AvgIpc) is 1.99. The topological polar surface area (TPSA) is 41.1 Å². The number of hydrogen-bond acceptors (Lipinski definition) is 2. The molecule has 2 N–H and O–H groups in total. The summed E-state index contributed by atoms with van der Waals surface area (Å²) in [5.74, 6) is 0.170. The molecule has 0 aromatic heterocycles. The standard InChI is InChI=1S/C8H18N2O/c1-3-5-8(11)10-7-4-6-9-2/h9H,3-7H2,1-2H3,(H,10,11). The summed E-state index contributed by atoms with van der Waals surface area (Å²) in [7, 11) is 1.91. The lowest BCUT2D eigenvalue weighted by Crippen LogP contribution is -2.26. The van der Waals surface area contributed by atoms with E-state index in [4.69, 9.17) is 0 Å². The van der Waals surface area contributed by atoms with E-state index in [-0.39, 0.29) is 5.91 Å². The van der Waals surface area contributed by atoms with Gasteiger partial charge in [-0.2, -0.15) is 0 Å². The van der Waals surface area contributed by atoms with Crippen molar-refractivity contribution in [1.82, 2.24) is 10.6 Å². The van der Waals surface area contributed by atoms with Crippen molar-refractivity contribution in [2.24, 2.45) is 0 Å². The molecule has 0 saturated carbocycles. The fourth-order valence-corrected chi connectivity index (χ4v) is 0.808. The van der Waals surface area contributed by atoms with E-state index in [2.05, 4.69) is 10.6 Å². The molecule has 0 aliphatic carbocycles. The van der Waals surface area contributed by atoms with Crippen molar-refractivity contribution in [3.8, 4) is 0 Å². The van der Waals surface area contributed by atoms with E-state index >= 15 is 0 Å². The molecule has 3 heteroatoms. The number of rotatable bonds is 6. The van der Waals surface area contributed by atoms with Gasteiger partial charge in [-0.15, -0.1) is 0 Å². The summed E-state index contributed by atoms with van der Waals surface area (Å²) in [6.07, 6.45) is 2.59. The molecular weight excluding hydrogens is 140 g/mol. The zero-order chi connectivity index (χ0) is 8.53. The summed E-state index contributed by atoms with van der Waals surface area (Å²) >= 11 is 0. The zero-order valence-electron chi connectivity index (χ0n) is 7.44. The van der Waals surface area contributed by atoms with Crippen molar-refractivity contribution in [2.75, 3.05) is 20.1 Å². The van der Waals surface area contributed by atoms with Crippen LogP contribution in [0, 0.1) is 0 Å². The Morgan fingerprint density at radius 2 is 2.09 bits per heavy atom. The second-order valence-electron chi connectivity index (χ2n) is 2.56. The van der Waals surface area contributed by atoms with Gasteiger partial charge < -0.3 is 10.6 Å². The number of carbonyl (C=O) groups excluding carboxylic acids is 1. The molecule has 1 amide bonds. The van der Waals surface area contributed by atoms with Crippen LogP contribution in [0.5, 0.6) is 0 Å². The van der Waals surface area contributed by atoms with Gasteiger partial charge in [0.2, 0.25) is 5.91 Å². The molecule has 0 aromatic rings. The van der Waals surface area contributed by atoms with Gasteiger partial charge in [0.05, 0.1) is 0 Å². The average molecular weight is 158 g/mol.